The number of nitrogens with one attached hydrogen (secondary N) is 1. The molecule has 4 rings (SSSR count). The van der Waals surface area contributed by atoms with Crippen LogP contribution >= 0.6 is 24.2 Å². The van der Waals surface area contributed by atoms with Crippen LogP contribution in [-0.4, -0.2) is 71.8 Å². The van der Waals surface area contributed by atoms with Gasteiger partial charge >= 0.3 is 0 Å². The van der Waals surface area contributed by atoms with Crippen LogP contribution in [0.3, 0.4) is 0 Å². The van der Waals surface area contributed by atoms with Crippen LogP contribution in [0.15, 0.2) is 83.9 Å². The van der Waals surface area contributed by atoms with E-state index in [1.54, 1.807) is 18.2 Å². The molecule has 1 aliphatic heterocycles. The molecule has 12 heteroatoms. The van der Waals surface area contributed by atoms with Crippen molar-refractivity contribution in [2.75, 3.05) is 24.2 Å². The summed E-state index contributed by atoms with van der Waals surface area (Å²) < 4.78 is 0. The van der Waals surface area contributed by atoms with Crippen LogP contribution in [0.25, 0.3) is 0 Å². The molecule has 5 N–H and O–H groups in total. The first-order valence-corrected chi connectivity index (χ1v) is 14.1. The van der Waals surface area contributed by atoms with Crippen molar-refractivity contribution in [3.63, 3.8) is 0 Å². The molecule has 3 aromatic rings. The van der Waals surface area contributed by atoms with Crippen molar-refractivity contribution in [1.82, 2.24) is 10.2 Å². The Bertz CT molecular complexity index is 1500. The number of benzodiazepines with no additional fused rings is 1. The van der Waals surface area contributed by atoms with Gasteiger partial charge in [0.2, 0.25) is 23.9 Å². The lowest BCUT2D eigenvalue weighted by molar-refractivity contribution is -0.138. The van der Waals surface area contributed by atoms with Gasteiger partial charge in [0.15, 0.2) is 0 Å². The Kier molecular flexibility index (Phi) is 10.1. The Labute approximate surface area is 254 Å². The predicted molar refractivity (Wildman–Crippen MR) is 166 cm³/mol. The number of aliphatic imine (C=N–C) groups is 1. The second kappa shape index (κ2) is 13.8. The quantitative estimate of drug-likeness (QED) is 0.273. The van der Waals surface area contributed by atoms with Crippen LogP contribution in [0, 0.1) is 0 Å². The van der Waals surface area contributed by atoms with E-state index in [2.05, 4.69) is 17.9 Å². The number of likely N-dealkylation sites (N-methyl/N-ethyl adjacent to an activating group) is 1. The molecular weight excluding hydrogens is 576 g/mol. The van der Waals surface area contributed by atoms with Crippen LogP contribution in [0.1, 0.15) is 16.7 Å². The van der Waals surface area contributed by atoms with E-state index in [9.17, 15) is 19.2 Å². The number of carbonyl (C=O) groups is 4. The van der Waals surface area contributed by atoms with Gasteiger partial charge in [0.05, 0.1) is 23.5 Å². The van der Waals surface area contributed by atoms with E-state index in [0.717, 1.165) is 10.5 Å². The summed E-state index contributed by atoms with van der Waals surface area (Å²) >= 11 is 10.5. The summed E-state index contributed by atoms with van der Waals surface area (Å²) in [6, 6.07) is 21.0. The fourth-order valence-corrected chi connectivity index (χ4v) is 4.84. The standard InChI is InChI=1S/C30H31ClN6O4S/c1-36(29(40)23(33)17-42)27-30(41)37(16-25(38)34-28(39)22(32)14-18-8-4-2-5-9-18)24-13-12-20(31)15-21(24)26(35-27)19-10-6-3-7-11-19/h2-13,15,22-23,27,42H,14,16-17,32-33H2,1H3,(H,34,38,39)/t22-,23?,27?/m0/s1. The summed E-state index contributed by atoms with van der Waals surface area (Å²) in [5.74, 6) is -2.64. The van der Waals surface area contributed by atoms with Crippen molar-refractivity contribution in [1.29, 1.82) is 0 Å². The number of hydrogen-bond donors (Lipinski definition) is 4. The second-order valence-corrected chi connectivity index (χ2v) is 10.6. The number of nitrogens with two attached hydrogens (primary N) is 2. The number of fused-ring (bicyclic) bond motifs is 1. The van der Waals surface area contributed by atoms with Gasteiger partial charge in [-0.3, -0.25) is 29.4 Å². The zero-order valence-electron chi connectivity index (χ0n) is 22.8. The third kappa shape index (κ3) is 7.05. The second-order valence-electron chi connectivity index (χ2n) is 9.75. The zero-order valence-corrected chi connectivity index (χ0v) is 24.5. The van der Waals surface area contributed by atoms with E-state index in [-0.39, 0.29) is 12.2 Å². The van der Waals surface area contributed by atoms with Gasteiger partial charge in [0.1, 0.15) is 6.54 Å². The third-order valence-corrected chi connectivity index (χ3v) is 7.35. The van der Waals surface area contributed by atoms with Gasteiger partial charge < -0.3 is 16.4 Å². The molecule has 1 aliphatic rings. The molecule has 0 fully saturated rings. The first-order chi connectivity index (χ1) is 20.1. The monoisotopic (exact) mass is 606 g/mol. The summed E-state index contributed by atoms with van der Waals surface area (Å²) in [7, 11) is 1.41. The molecule has 42 heavy (non-hydrogen) atoms. The maximum atomic E-state index is 14.1. The molecule has 10 nitrogen and oxygen atoms in total. The molecule has 0 radical (unpaired) electrons. The Morgan fingerprint density at radius 1 is 1.02 bits per heavy atom. The van der Waals surface area contributed by atoms with Crippen molar-refractivity contribution in [3.8, 4) is 0 Å². The van der Waals surface area contributed by atoms with Crippen LogP contribution in [0.4, 0.5) is 5.69 Å². The fraction of sp³-hybridized carbons (Fsp3) is 0.233. The molecule has 2 unspecified atom stereocenters. The highest BCUT2D eigenvalue weighted by molar-refractivity contribution is 7.80. The van der Waals surface area contributed by atoms with E-state index >= 15 is 0 Å². The topological polar surface area (TPSA) is 151 Å². The maximum Gasteiger partial charge on any atom is 0.272 e. The third-order valence-electron chi connectivity index (χ3n) is 6.72. The normalized spacial score (nSPS) is 16.0. The average Bonchev–Trinajstić information content (AvgIpc) is 3.10. The van der Waals surface area contributed by atoms with Crippen molar-refractivity contribution < 1.29 is 19.2 Å². The molecule has 218 valence electrons. The minimum atomic E-state index is -1.38. The number of amides is 4. The lowest BCUT2D eigenvalue weighted by atomic mass is 10.00. The number of hydrogen-bond acceptors (Lipinski definition) is 8. The van der Waals surface area contributed by atoms with Gasteiger partial charge in [-0.1, -0.05) is 72.3 Å². The Morgan fingerprint density at radius 2 is 1.67 bits per heavy atom. The first-order valence-electron chi connectivity index (χ1n) is 13.1. The molecule has 0 aliphatic carbocycles. The van der Waals surface area contributed by atoms with Crippen LogP contribution in [0.5, 0.6) is 0 Å². The van der Waals surface area contributed by atoms with Gasteiger partial charge in [0.25, 0.3) is 5.91 Å². The highest BCUT2D eigenvalue weighted by Gasteiger charge is 2.38. The number of rotatable bonds is 9. The Morgan fingerprint density at radius 3 is 2.31 bits per heavy atom. The van der Waals surface area contributed by atoms with Crippen molar-refractivity contribution in [2.24, 2.45) is 16.5 Å². The number of thiol groups is 1. The zero-order chi connectivity index (χ0) is 30.4. The van der Waals surface area contributed by atoms with E-state index in [1.807, 2.05) is 60.7 Å². The smallest absolute Gasteiger partial charge is 0.272 e. The van der Waals surface area contributed by atoms with Gasteiger partial charge in [-0.15, -0.1) is 0 Å². The summed E-state index contributed by atoms with van der Waals surface area (Å²) in [6.45, 7) is -0.550. The minimum Gasteiger partial charge on any atom is -0.320 e. The molecule has 1 heterocycles. The average molecular weight is 607 g/mol. The minimum absolute atomic E-state index is 0.0483. The van der Waals surface area contributed by atoms with Gasteiger partial charge in [-0.25, -0.2) is 4.99 Å². The molecule has 0 saturated heterocycles. The van der Waals surface area contributed by atoms with Gasteiger partial charge in [0, 0.05) is 29.0 Å². The molecule has 0 saturated carbocycles. The van der Waals surface area contributed by atoms with Crippen molar-refractivity contribution in [2.45, 2.75) is 24.7 Å². The van der Waals surface area contributed by atoms with E-state index in [4.69, 9.17) is 28.1 Å². The Hall–Kier alpha value is -4.03. The first kappa shape index (κ1) is 30.9. The molecule has 4 amide bonds. The lowest BCUT2D eigenvalue weighted by Crippen LogP contribution is -2.55. The molecule has 0 aromatic heterocycles. The van der Waals surface area contributed by atoms with E-state index in [0.29, 0.717) is 27.5 Å². The number of anilines is 1. The van der Waals surface area contributed by atoms with Crippen LogP contribution in [0.2, 0.25) is 5.02 Å². The summed E-state index contributed by atoms with van der Waals surface area (Å²) in [4.78, 5) is 60.1. The fourth-order valence-electron chi connectivity index (χ4n) is 4.51. The van der Waals surface area contributed by atoms with Gasteiger partial charge in [-0.2, -0.15) is 12.6 Å². The predicted octanol–water partition coefficient (Wildman–Crippen LogP) is 1.78. The summed E-state index contributed by atoms with van der Waals surface area (Å²) in [5.41, 5.74) is 14.7. The lowest BCUT2D eigenvalue weighted by Gasteiger charge is -2.30. The van der Waals surface area contributed by atoms with Crippen molar-refractivity contribution >= 4 is 59.3 Å². The molecule has 0 bridgehead atoms. The van der Waals surface area contributed by atoms with Crippen molar-refractivity contribution in [3.05, 3.63) is 101 Å². The maximum absolute atomic E-state index is 14.1. The molecule has 0 spiro atoms. The number of imide groups is 1. The molecule has 3 aromatic carbocycles. The number of nitrogens with zero attached hydrogens (tertiary/aromatic N) is 3. The van der Waals surface area contributed by atoms with E-state index in [1.165, 1.54) is 11.9 Å². The highest BCUT2D eigenvalue weighted by atomic mass is 35.5. The molecular formula is C30H31ClN6O4S. The molecule has 3 atom stereocenters. The van der Waals surface area contributed by atoms with E-state index < -0.39 is 48.4 Å². The summed E-state index contributed by atoms with van der Waals surface area (Å²) in [5, 5.41) is 2.67. The van der Waals surface area contributed by atoms with Gasteiger partial charge in [-0.05, 0) is 30.2 Å². The Balaban J connectivity index is 1.69. The SMILES string of the molecule is CN(C(=O)C(N)CS)C1N=C(c2ccccc2)c2cc(Cl)ccc2N(CC(=O)NC(=O)[C@@H](N)Cc2ccccc2)C1=O. The number of halogens is 1. The highest BCUT2D eigenvalue weighted by Crippen LogP contribution is 2.31. The summed E-state index contributed by atoms with van der Waals surface area (Å²) in [6.07, 6.45) is -1.16. The largest absolute Gasteiger partial charge is 0.320 e. The van der Waals surface area contributed by atoms with Crippen LogP contribution < -0.4 is 21.7 Å². The number of benzene rings is 3. The number of carbonyl (C=O) groups excluding carboxylic acids is 4. The van der Waals surface area contributed by atoms with Crippen LogP contribution in [-0.2, 0) is 25.6 Å².